The molecule has 1 aliphatic rings. The van der Waals surface area contributed by atoms with E-state index in [0.717, 1.165) is 5.01 Å². The standard InChI is InChI=1S/C11H18N2S/c1-7-5-4-6-8-9(7)13-10(14-8)11(2,3)12/h7H,4-6,12H2,1-3H3. The topological polar surface area (TPSA) is 38.9 Å². The van der Waals surface area contributed by atoms with Crippen LogP contribution in [0.2, 0.25) is 0 Å². The van der Waals surface area contributed by atoms with Crippen molar-refractivity contribution in [2.75, 3.05) is 0 Å². The monoisotopic (exact) mass is 210 g/mol. The maximum absolute atomic E-state index is 6.06. The third kappa shape index (κ3) is 1.71. The molecule has 2 nitrogen and oxygen atoms in total. The summed E-state index contributed by atoms with van der Waals surface area (Å²) >= 11 is 1.81. The molecule has 0 spiro atoms. The SMILES string of the molecule is CC1CCCc2sc(C(C)(C)N)nc21. The molecule has 78 valence electrons. The lowest BCUT2D eigenvalue weighted by Crippen LogP contribution is -2.28. The van der Waals surface area contributed by atoms with Crippen molar-refractivity contribution >= 4 is 11.3 Å². The van der Waals surface area contributed by atoms with Gasteiger partial charge in [-0.05, 0) is 39.0 Å². The average Bonchev–Trinajstić information content (AvgIpc) is 2.48. The molecule has 1 atom stereocenters. The Hall–Kier alpha value is -0.410. The van der Waals surface area contributed by atoms with E-state index < -0.39 is 0 Å². The van der Waals surface area contributed by atoms with Crippen LogP contribution in [0.4, 0.5) is 0 Å². The molecule has 1 aromatic rings. The molecule has 1 aromatic heterocycles. The molecule has 2 N–H and O–H groups in total. The molecule has 1 unspecified atom stereocenters. The van der Waals surface area contributed by atoms with Crippen molar-refractivity contribution in [3.05, 3.63) is 15.6 Å². The van der Waals surface area contributed by atoms with E-state index in [1.165, 1.54) is 29.8 Å². The second-order valence-electron chi connectivity index (χ2n) is 4.84. The van der Waals surface area contributed by atoms with Gasteiger partial charge in [-0.25, -0.2) is 4.98 Å². The Morgan fingerprint density at radius 2 is 2.21 bits per heavy atom. The number of hydrogen-bond donors (Lipinski definition) is 1. The second kappa shape index (κ2) is 3.31. The summed E-state index contributed by atoms with van der Waals surface area (Å²) in [5.74, 6) is 0.631. The van der Waals surface area contributed by atoms with Gasteiger partial charge in [0.1, 0.15) is 5.01 Å². The fraction of sp³-hybridized carbons (Fsp3) is 0.727. The highest BCUT2D eigenvalue weighted by molar-refractivity contribution is 7.11. The van der Waals surface area contributed by atoms with Gasteiger partial charge < -0.3 is 5.73 Å². The van der Waals surface area contributed by atoms with Crippen LogP contribution in [0.3, 0.4) is 0 Å². The van der Waals surface area contributed by atoms with Crippen molar-refractivity contribution in [1.29, 1.82) is 0 Å². The van der Waals surface area contributed by atoms with Gasteiger partial charge in [-0.2, -0.15) is 0 Å². The summed E-state index contributed by atoms with van der Waals surface area (Å²) in [5, 5.41) is 1.09. The first-order valence-electron chi connectivity index (χ1n) is 5.27. The van der Waals surface area contributed by atoms with Gasteiger partial charge in [-0.3, -0.25) is 0 Å². The Kier molecular flexibility index (Phi) is 2.40. The molecule has 1 aliphatic carbocycles. The van der Waals surface area contributed by atoms with Crippen molar-refractivity contribution in [3.63, 3.8) is 0 Å². The molecule has 0 aliphatic heterocycles. The zero-order chi connectivity index (χ0) is 10.3. The molecule has 0 saturated heterocycles. The highest BCUT2D eigenvalue weighted by Crippen LogP contribution is 2.36. The van der Waals surface area contributed by atoms with Gasteiger partial charge in [-0.1, -0.05) is 6.92 Å². The van der Waals surface area contributed by atoms with E-state index in [4.69, 9.17) is 10.7 Å². The summed E-state index contributed by atoms with van der Waals surface area (Å²) < 4.78 is 0. The maximum Gasteiger partial charge on any atom is 0.112 e. The third-order valence-corrected chi connectivity index (χ3v) is 4.26. The first-order chi connectivity index (χ1) is 6.48. The van der Waals surface area contributed by atoms with Crippen LogP contribution >= 0.6 is 11.3 Å². The van der Waals surface area contributed by atoms with Gasteiger partial charge in [0.05, 0.1) is 11.2 Å². The van der Waals surface area contributed by atoms with Crippen LogP contribution in [0, 0.1) is 0 Å². The Bertz CT molecular complexity index is 336. The van der Waals surface area contributed by atoms with Crippen molar-refractivity contribution in [3.8, 4) is 0 Å². The third-order valence-electron chi connectivity index (χ3n) is 2.79. The van der Waals surface area contributed by atoms with E-state index in [0.29, 0.717) is 5.92 Å². The van der Waals surface area contributed by atoms with E-state index in [9.17, 15) is 0 Å². The van der Waals surface area contributed by atoms with Gasteiger partial charge in [0, 0.05) is 4.88 Å². The second-order valence-corrected chi connectivity index (χ2v) is 5.93. The molecule has 1 heterocycles. The van der Waals surface area contributed by atoms with Crippen molar-refractivity contribution in [2.24, 2.45) is 5.73 Å². The molecule has 14 heavy (non-hydrogen) atoms. The molecular weight excluding hydrogens is 192 g/mol. The number of hydrogen-bond acceptors (Lipinski definition) is 3. The summed E-state index contributed by atoms with van der Waals surface area (Å²) in [6, 6.07) is 0. The lowest BCUT2D eigenvalue weighted by molar-refractivity contribution is 0.537. The van der Waals surface area contributed by atoms with Gasteiger partial charge in [-0.15, -0.1) is 11.3 Å². The van der Waals surface area contributed by atoms with Crippen LogP contribution in [-0.4, -0.2) is 4.98 Å². The van der Waals surface area contributed by atoms with E-state index in [1.54, 1.807) is 0 Å². The summed E-state index contributed by atoms with van der Waals surface area (Å²) in [5.41, 5.74) is 7.10. The van der Waals surface area contributed by atoms with Crippen LogP contribution < -0.4 is 5.73 Å². The van der Waals surface area contributed by atoms with Crippen molar-refractivity contribution in [1.82, 2.24) is 4.98 Å². The first-order valence-corrected chi connectivity index (χ1v) is 6.09. The molecule has 0 saturated carbocycles. The molecule has 0 aromatic carbocycles. The highest BCUT2D eigenvalue weighted by Gasteiger charge is 2.26. The molecule has 0 amide bonds. The minimum Gasteiger partial charge on any atom is -0.320 e. The highest BCUT2D eigenvalue weighted by atomic mass is 32.1. The van der Waals surface area contributed by atoms with Gasteiger partial charge in [0.2, 0.25) is 0 Å². The van der Waals surface area contributed by atoms with E-state index in [1.807, 2.05) is 25.2 Å². The van der Waals surface area contributed by atoms with E-state index in [2.05, 4.69) is 6.92 Å². The summed E-state index contributed by atoms with van der Waals surface area (Å²) in [7, 11) is 0. The fourth-order valence-corrected chi connectivity index (χ4v) is 3.15. The lowest BCUT2D eigenvalue weighted by atomic mass is 9.93. The first kappa shape index (κ1) is 10.1. The van der Waals surface area contributed by atoms with Crippen molar-refractivity contribution in [2.45, 2.75) is 51.5 Å². The maximum atomic E-state index is 6.06. The number of nitrogens with two attached hydrogens (primary N) is 1. The fourth-order valence-electron chi connectivity index (χ4n) is 1.91. The van der Waals surface area contributed by atoms with Gasteiger partial charge in [0.15, 0.2) is 0 Å². The predicted octanol–water partition coefficient (Wildman–Crippen LogP) is 2.78. The predicted molar refractivity (Wildman–Crippen MR) is 60.7 cm³/mol. The molecule has 2 rings (SSSR count). The number of rotatable bonds is 1. The number of aryl methyl sites for hydroxylation is 1. The van der Waals surface area contributed by atoms with Gasteiger partial charge >= 0.3 is 0 Å². The molecular formula is C11H18N2S. The van der Waals surface area contributed by atoms with Crippen LogP contribution in [0.1, 0.15) is 55.1 Å². The Morgan fingerprint density at radius 1 is 1.50 bits per heavy atom. The molecule has 0 radical (unpaired) electrons. The minimum atomic E-state index is -0.276. The zero-order valence-electron chi connectivity index (χ0n) is 9.13. The van der Waals surface area contributed by atoms with E-state index in [-0.39, 0.29) is 5.54 Å². The number of nitrogens with zero attached hydrogens (tertiary/aromatic N) is 1. The molecule has 0 bridgehead atoms. The van der Waals surface area contributed by atoms with Crippen LogP contribution in [0.5, 0.6) is 0 Å². The minimum absolute atomic E-state index is 0.276. The van der Waals surface area contributed by atoms with E-state index >= 15 is 0 Å². The number of aromatic nitrogens is 1. The molecule has 3 heteroatoms. The normalized spacial score (nSPS) is 22.1. The Morgan fingerprint density at radius 3 is 2.79 bits per heavy atom. The average molecular weight is 210 g/mol. The summed E-state index contributed by atoms with van der Waals surface area (Å²) in [6.45, 7) is 6.33. The van der Waals surface area contributed by atoms with Crippen LogP contribution in [-0.2, 0) is 12.0 Å². The zero-order valence-corrected chi connectivity index (χ0v) is 9.95. The summed E-state index contributed by atoms with van der Waals surface area (Å²) in [4.78, 5) is 6.17. The molecule has 0 fully saturated rings. The van der Waals surface area contributed by atoms with Crippen molar-refractivity contribution < 1.29 is 0 Å². The Labute approximate surface area is 89.5 Å². The number of thiazole rings is 1. The largest absolute Gasteiger partial charge is 0.320 e. The Balaban J connectivity index is 2.40. The van der Waals surface area contributed by atoms with Crippen LogP contribution in [0.15, 0.2) is 0 Å². The lowest BCUT2D eigenvalue weighted by Gasteiger charge is -2.16. The summed E-state index contributed by atoms with van der Waals surface area (Å²) in [6.07, 6.45) is 3.79. The quantitative estimate of drug-likeness (QED) is 0.774. The number of fused-ring (bicyclic) bond motifs is 1. The smallest absolute Gasteiger partial charge is 0.112 e. The van der Waals surface area contributed by atoms with Gasteiger partial charge in [0.25, 0.3) is 0 Å². The van der Waals surface area contributed by atoms with Crippen LogP contribution in [0.25, 0.3) is 0 Å².